The van der Waals surface area contributed by atoms with Crippen molar-refractivity contribution in [2.75, 3.05) is 7.11 Å². The van der Waals surface area contributed by atoms with Crippen molar-refractivity contribution < 1.29 is 9.47 Å². The van der Waals surface area contributed by atoms with Gasteiger partial charge in [-0.25, -0.2) is 0 Å². The predicted octanol–water partition coefficient (Wildman–Crippen LogP) is 5.84. The third-order valence-electron chi connectivity index (χ3n) is 4.42. The Hall–Kier alpha value is -3.09. The van der Waals surface area contributed by atoms with Crippen LogP contribution in [-0.2, 0) is 6.61 Å². The van der Waals surface area contributed by atoms with Crippen molar-refractivity contribution in [2.45, 2.75) is 6.61 Å². The molecule has 0 unspecified atom stereocenters. The zero-order chi connectivity index (χ0) is 20.2. The maximum Gasteiger partial charge on any atom is 0.200 e. The maximum absolute atomic E-state index is 6.01. The molecule has 0 aliphatic heterocycles. The fraction of sp³-hybridized carbons (Fsp3) is 0.0909. The average Bonchev–Trinajstić information content (AvgIpc) is 3.15. The lowest BCUT2D eigenvalue weighted by Gasteiger charge is -2.13. The summed E-state index contributed by atoms with van der Waals surface area (Å²) in [4.78, 5) is 0. The van der Waals surface area contributed by atoms with E-state index in [0.717, 1.165) is 16.8 Å². The van der Waals surface area contributed by atoms with Crippen molar-refractivity contribution in [1.82, 2.24) is 14.8 Å². The van der Waals surface area contributed by atoms with Crippen LogP contribution in [0.5, 0.6) is 11.5 Å². The molecule has 0 atom stereocenters. The molecule has 0 aliphatic rings. The van der Waals surface area contributed by atoms with Gasteiger partial charge in [-0.15, -0.1) is 0 Å². The van der Waals surface area contributed by atoms with Crippen LogP contribution in [0.15, 0.2) is 72.8 Å². The summed E-state index contributed by atoms with van der Waals surface area (Å²) in [5, 5.41) is 7.92. The molecule has 0 radical (unpaired) electrons. The van der Waals surface area contributed by atoms with Gasteiger partial charge in [-0.2, -0.15) is 5.10 Å². The first-order valence-electron chi connectivity index (χ1n) is 8.94. The molecule has 1 heterocycles. The first kappa shape index (κ1) is 19.2. The van der Waals surface area contributed by atoms with E-state index >= 15 is 0 Å². The zero-order valence-electron chi connectivity index (χ0n) is 15.6. The number of rotatable bonds is 6. The fourth-order valence-electron chi connectivity index (χ4n) is 2.98. The molecule has 0 aliphatic carbocycles. The van der Waals surface area contributed by atoms with E-state index in [2.05, 4.69) is 10.2 Å². The van der Waals surface area contributed by atoms with Gasteiger partial charge in [0.2, 0.25) is 0 Å². The Morgan fingerprint density at radius 1 is 1.00 bits per heavy atom. The summed E-state index contributed by atoms with van der Waals surface area (Å²) in [6.07, 6.45) is 0. The predicted molar refractivity (Wildman–Crippen MR) is 117 cm³/mol. The molecule has 0 spiro atoms. The highest BCUT2D eigenvalue weighted by Crippen LogP contribution is 2.33. The zero-order valence-corrected chi connectivity index (χ0v) is 17.2. The summed E-state index contributed by atoms with van der Waals surface area (Å²) in [6.45, 7) is 0.458. The maximum atomic E-state index is 6.01. The van der Waals surface area contributed by atoms with Gasteiger partial charge in [0, 0.05) is 10.6 Å². The van der Waals surface area contributed by atoms with Gasteiger partial charge in [-0.05, 0) is 60.2 Å². The van der Waals surface area contributed by atoms with Crippen LogP contribution in [0.3, 0.4) is 0 Å². The Morgan fingerprint density at radius 2 is 1.76 bits per heavy atom. The summed E-state index contributed by atoms with van der Waals surface area (Å²) < 4.78 is 13.8. The SMILES string of the molecule is COc1cc(-c2n[nH]c(=S)n2-c2ccc(Cl)cc2)ccc1OCc1ccccc1. The van der Waals surface area contributed by atoms with E-state index in [1.807, 2.05) is 77.4 Å². The van der Waals surface area contributed by atoms with E-state index < -0.39 is 0 Å². The Labute approximate surface area is 178 Å². The topological polar surface area (TPSA) is 52.1 Å². The third-order valence-corrected chi connectivity index (χ3v) is 4.94. The van der Waals surface area contributed by atoms with Crippen LogP contribution in [0.2, 0.25) is 5.02 Å². The number of benzene rings is 3. The minimum absolute atomic E-state index is 0.458. The number of methoxy groups -OCH3 is 1. The van der Waals surface area contributed by atoms with Crippen molar-refractivity contribution in [3.63, 3.8) is 0 Å². The molecule has 0 bridgehead atoms. The van der Waals surface area contributed by atoms with E-state index in [-0.39, 0.29) is 0 Å². The molecule has 0 saturated heterocycles. The highest BCUT2D eigenvalue weighted by atomic mass is 35.5. The first-order chi connectivity index (χ1) is 14.2. The number of ether oxygens (including phenoxy) is 2. The summed E-state index contributed by atoms with van der Waals surface area (Å²) in [5.41, 5.74) is 2.80. The Bertz CT molecular complexity index is 1170. The van der Waals surface area contributed by atoms with Gasteiger partial charge in [0.1, 0.15) is 6.61 Å². The summed E-state index contributed by atoms with van der Waals surface area (Å²) in [7, 11) is 1.62. The van der Waals surface area contributed by atoms with Crippen LogP contribution >= 0.6 is 23.8 Å². The monoisotopic (exact) mass is 423 g/mol. The molecule has 0 saturated carbocycles. The van der Waals surface area contributed by atoms with Gasteiger partial charge in [-0.1, -0.05) is 41.9 Å². The van der Waals surface area contributed by atoms with Crippen LogP contribution in [0, 0.1) is 4.77 Å². The number of hydrogen-bond acceptors (Lipinski definition) is 4. The quantitative estimate of drug-likeness (QED) is 0.396. The van der Waals surface area contributed by atoms with Crippen molar-refractivity contribution in [2.24, 2.45) is 0 Å². The Morgan fingerprint density at radius 3 is 2.48 bits per heavy atom. The number of aromatic amines is 1. The van der Waals surface area contributed by atoms with Crippen LogP contribution in [0.4, 0.5) is 0 Å². The molecule has 1 N–H and O–H groups in total. The second-order valence-corrected chi connectivity index (χ2v) is 7.13. The smallest absolute Gasteiger partial charge is 0.200 e. The number of hydrogen-bond donors (Lipinski definition) is 1. The molecule has 0 fully saturated rings. The number of nitrogens with zero attached hydrogens (tertiary/aromatic N) is 2. The number of nitrogens with one attached hydrogen (secondary N) is 1. The Kier molecular flexibility index (Phi) is 5.64. The van der Waals surface area contributed by atoms with Crippen LogP contribution in [0.25, 0.3) is 17.1 Å². The molecule has 29 heavy (non-hydrogen) atoms. The first-order valence-corrected chi connectivity index (χ1v) is 9.73. The van der Waals surface area contributed by atoms with Crippen molar-refractivity contribution in [3.8, 4) is 28.6 Å². The molecule has 7 heteroatoms. The summed E-state index contributed by atoms with van der Waals surface area (Å²) in [5.74, 6) is 1.95. The van der Waals surface area contributed by atoms with Crippen molar-refractivity contribution >= 4 is 23.8 Å². The highest BCUT2D eigenvalue weighted by molar-refractivity contribution is 7.71. The van der Waals surface area contributed by atoms with E-state index in [1.54, 1.807) is 7.11 Å². The van der Waals surface area contributed by atoms with Crippen molar-refractivity contribution in [1.29, 1.82) is 0 Å². The minimum Gasteiger partial charge on any atom is -0.493 e. The molecular formula is C22H18ClN3O2S. The van der Waals surface area contributed by atoms with Gasteiger partial charge in [-0.3, -0.25) is 9.67 Å². The molecule has 4 rings (SSSR count). The van der Waals surface area contributed by atoms with Gasteiger partial charge < -0.3 is 9.47 Å². The lowest BCUT2D eigenvalue weighted by atomic mass is 10.1. The van der Waals surface area contributed by atoms with Gasteiger partial charge in [0.05, 0.1) is 12.8 Å². The normalized spacial score (nSPS) is 10.7. The summed E-state index contributed by atoms with van der Waals surface area (Å²) >= 11 is 11.4. The number of aromatic nitrogens is 3. The lowest BCUT2D eigenvalue weighted by Crippen LogP contribution is -2.00. The second-order valence-electron chi connectivity index (χ2n) is 6.30. The van der Waals surface area contributed by atoms with Gasteiger partial charge in [0.25, 0.3) is 0 Å². The van der Waals surface area contributed by atoms with Gasteiger partial charge in [0.15, 0.2) is 22.1 Å². The minimum atomic E-state index is 0.458. The molecule has 146 valence electrons. The molecule has 3 aromatic carbocycles. The van der Waals surface area contributed by atoms with E-state index in [0.29, 0.717) is 33.7 Å². The summed E-state index contributed by atoms with van der Waals surface area (Å²) in [6, 6.07) is 23.1. The molecule has 0 amide bonds. The molecule has 1 aromatic heterocycles. The number of H-pyrrole nitrogens is 1. The van der Waals surface area contributed by atoms with E-state index in [4.69, 9.17) is 33.3 Å². The Balaban J connectivity index is 1.66. The standard InChI is InChI=1S/C22H18ClN3O2S/c1-27-20-13-16(7-12-19(20)28-14-15-5-3-2-4-6-15)21-24-25-22(29)26(21)18-10-8-17(23)9-11-18/h2-13H,14H2,1H3,(H,25,29). The third kappa shape index (κ3) is 4.18. The van der Waals surface area contributed by atoms with E-state index in [1.165, 1.54) is 0 Å². The molecule has 4 aromatic rings. The molecular weight excluding hydrogens is 406 g/mol. The van der Waals surface area contributed by atoms with Crippen LogP contribution < -0.4 is 9.47 Å². The van der Waals surface area contributed by atoms with Crippen LogP contribution in [0.1, 0.15) is 5.56 Å². The van der Waals surface area contributed by atoms with Gasteiger partial charge >= 0.3 is 0 Å². The second kappa shape index (κ2) is 8.51. The van der Waals surface area contributed by atoms with Crippen LogP contribution in [-0.4, -0.2) is 21.9 Å². The van der Waals surface area contributed by atoms with Crippen molar-refractivity contribution in [3.05, 3.63) is 88.2 Å². The van der Waals surface area contributed by atoms with E-state index in [9.17, 15) is 0 Å². The highest BCUT2D eigenvalue weighted by Gasteiger charge is 2.14. The fourth-order valence-corrected chi connectivity index (χ4v) is 3.35. The lowest BCUT2D eigenvalue weighted by molar-refractivity contribution is 0.284. The largest absolute Gasteiger partial charge is 0.493 e. The molecule has 5 nitrogen and oxygen atoms in total. The average molecular weight is 424 g/mol. The number of halogens is 1.